The lowest BCUT2D eigenvalue weighted by atomic mass is 10.1. The molecule has 0 spiro atoms. The largest absolute Gasteiger partial charge is 0.469 e. The molecule has 2 rings (SSSR count). The fourth-order valence-corrected chi connectivity index (χ4v) is 2.97. The first-order chi connectivity index (χ1) is 7.93. The predicted octanol–water partition coefficient (Wildman–Crippen LogP) is 0.821. The Hall–Kier alpha value is -1.40. The molecule has 1 atom stereocenters. The highest BCUT2D eigenvalue weighted by Gasteiger charge is 2.32. The Labute approximate surface area is 99.2 Å². The van der Waals surface area contributed by atoms with E-state index in [1.807, 2.05) is 0 Å². The van der Waals surface area contributed by atoms with Gasteiger partial charge < -0.3 is 4.74 Å². The Kier molecular flexibility index (Phi) is 2.92. The number of hydrogen-bond donors (Lipinski definition) is 1. The van der Waals surface area contributed by atoms with Crippen LogP contribution in [0.4, 0.5) is 0 Å². The molecule has 0 saturated heterocycles. The van der Waals surface area contributed by atoms with E-state index in [4.69, 9.17) is 4.55 Å². The number of fused-ring (bicyclic) bond motifs is 1. The second-order valence-corrected chi connectivity index (χ2v) is 5.39. The summed E-state index contributed by atoms with van der Waals surface area (Å²) in [6.45, 7) is 0. The van der Waals surface area contributed by atoms with Crippen LogP contribution in [-0.4, -0.2) is 26.0 Å². The van der Waals surface area contributed by atoms with Crippen LogP contribution in [0.1, 0.15) is 11.1 Å². The molecule has 1 unspecified atom stereocenters. The summed E-state index contributed by atoms with van der Waals surface area (Å²) in [5, 5.41) is 0. The van der Waals surface area contributed by atoms with Crippen molar-refractivity contribution < 1.29 is 22.5 Å². The summed E-state index contributed by atoms with van der Waals surface area (Å²) in [6, 6.07) is 4.66. The van der Waals surface area contributed by atoms with Crippen molar-refractivity contribution in [3.63, 3.8) is 0 Å². The lowest BCUT2D eigenvalue weighted by Crippen LogP contribution is -2.16. The maximum atomic E-state index is 11.4. The topological polar surface area (TPSA) is 80.7 Å². The van der Waals surface area contributed by atoms with Crippen LogP contribution in [0.2, 0.25) is 0 Å². The highest BCUT2D eigenvalue weighted by molar-refractivity contribution is 7.85. The first kappa shape index (κ1) is 12.1. The summed E-state index contributed by atoms with van der Waals surface area (Å²) in [5.74, 6) is -0.722. The van der Waals surface area contributed by atoms with Crippen LogP contribution in [0.3, 0.4) is 0 Å². The molecule has 6 heteroatoms. The normalized spacial score (nSPS) is 18.8. The van der Waals surface area contributed by atoms with Gasteiger partial charge in [-0.3, -0.25) is 9.35 Å². The van der Waals surface area contributed by atoms with Crippen LogP contribution in [0, 0.1) is 5.92 Å². The van der Waals surface area contributed by atoms with E-state index < -0.39 is 10.1 Å². The van der Waals surface area contributed by atoms with Crippen molar-refractivity contribution in [2.75, 3.05) is 7.11 Å². The van der Waals surface area contributed by atoms with Crippen LogP contribution in [0.5, 0.6) is 0 Å². The zero-order chi connectivity index (χ0) is 12.6. The van der Waals surface area contributed by atoms with Crippen molar-refractivity contribution in [2.45, 2.75) is 17.7 Å². The van der Waals surface area contributed by atoms with Crippen LogP contribution in [-0.2, 0) is 32.5 Å². The molecule has 92 valence electrons. The van der Waals surface area contributed by atoms with Gasteiger partial charge in [-0.15, -0.1) is 0 Å². The number of esters is 1. The molecule has 0 radical (unpaired) electrons. The molecule has 0 fully saturated rings. The van der Waals surface area contributed by atoms with Gasteiger partial charge in [-0.1, -0.05) is 12.1 Å². The fourth-order valence-electron chi connectivity index (χ4n) is 2.19. The van der Waals surface area contributed by atoms with E-state index in [-0.39, 0.29) is 23.2 Å². The summed E-state index contributed by atoms with van der Waals surface area (Å²) in [5.41, 5.74) is 1.29. The summed E-state index contributed by atoms with van der Waals surface area (Å²) in [4.78, 5) is 11.3. The molecule has 0 bridgehead atoms. The number of rotatable bonds is 2. The molecule has 1 N–H and O–H groups in total. The van der Waals surface area contributed by atoms with E-state index in [1.54, 1.807) is 12.1 Å². The lowest BCUT2D eigenvalue weighted by molar-refractivity contribution is -0.145. The number of methoxy groups -OCH3 is 1. The van der Waals surface area contributed by atoms with Crippen LogP contribution in [0.25, 0.3) is 0 Å². The molecule has 1 aromatic rings. The molecule has 17 heavy (non-hydrogen) atoms. The smallest absolute Gasteiger partial charge is 0.309 e. The number of hydrogen-bond acceptors (Lipinski definition) is 4. The first-order valence-corrected chi connectivity index (χ1v) is 6.53. The molecule has 1 aliphatic rings. The predicted molar refractivity (Wildman–Crippen MR) is 59.2 cm³/mol. The van der Waals surface area contributed by atoms with Gasteiger partial charge in [-0.25, -0.2) is 0 Å². The fraction of sp³-hybridized carbons (Fsp3) is 0.364. The molecule has 0 saturated carbocycles. The molecular weight excluding hydrogens is 244 g/mol. The number of benzene rings is 1. The monoisotopic (exact) mass is 256 g/mol. The van der Waals surface area contributed by atoms with Gasteiger partial charge in [0, 0.05) is 0 Å². The first-order valence-electron chi connectivity index (χ1n) is 5.09. The molecule has 0 aliphatic heterocycles. The van der Waals surface area contributed by atoms with Crippen molar-refractivity contribution in [3.8, 4) is 0 Å². The molecule has 0 aromatic heterocycles. The van der Waals surface area contributed by atoms with Crippen LogP contribution < -0.4 is 0 Å². The second-order valence-electron chi connectivity index (χ2n) is 4.00. The van der Waals surface area contributed by atoms with Gasteiger partial charge in [-0.2, -0.15) is 8.42 Å². The molecular formula is C11H12O5S. The molecule has 1 aliphatic carbocycles. The van der Waals surface area contributed by atoms with Crippen molar-refractivity contribution in [2.24, 2.45) is 5.92 Å². The van der Waals surface area contributed by atoms with Gasteiger partial charge in [-0.05, 0) is 30.0 Å². The average Bonchev–Trinajstić information content (AvgIpc) is 2.69. The van der Waals surface area contributed by atoms with Gasteiger partial charge >= 0.3 is 5.97 Å². The van der Waals surface area contributed by atoms with Crippen LogP contribution in [0.15, 0.2) is 23.1 Å². The number of carbonyl (C=O) groups excluding carboxylic acids is 1. The standard InChI is InChI=1S/C11H12O5S/c1-16-11(12)8-5-7-3-2-4-10(9(7)6-8)17(13,14)15/h2-4,8H,5-6H2,1H3,(H,13,14,15). The van der Waals surface area contributed by atoms with Crippen LogP contribution >= 0.6 is 0 Å². The van der Waals surface area contributed by atoms with E-state index in [0.717, 1.165) is 5.56 Å². The van der Waals surface area contributed by atoms with Crippen molar-refractivity contribution in [1.29, 1.82) is 0 Å². The minimum atomic E-state index is -4.24. The molecule has 5 nitrogen and oxygen atoms in total. The number of carbonyl (C=O) groups is 1. The molecule has 0 heterocycles. The zero-order valence-electron chi connectivity index (χ0n) is 9.21. The highest BCUT2D eigenvalue weighted by atomic mass is 32.2. The Morgan fingerprint density at radius 3 is 2.71 bits per heavy atom. The van der Waals surface area contributed by atoms with Gasteiger partial charge in [0.15, 0.2) is 0 Å². The summed E-state index contributed by atoms with van der Waals surface area (Å²) in [7, 11) is -2.94. The van der Waals surface area contributed by atoms with Crippen molar-refractivity contribution in [3.05, 3.63) is 29.3 Å². The van der Waals surface area contributed by atoms with Gasteiger partial charge in [0.25, 0.3) is 10.1 Å². The highest BCUT2D eigenvalue weighted by Crippen LogP contribution is 2.32. The maximum absolute atomic E-state index is 11.4. The van der Waals surface area contributed by atoms with E-state index in [2.05, 4.69) is 4.74 Å². The van der Waals surface area contributed by atoms with Gasteiger partial charge in [0.1, 0.15) is 0 Å². The Balaban J connectivity index is 2.43. The van der Waals surface area contributed by atoms with Crippen molar-refractivity contribution >= 4 is 16.1 Å². The van der Waals surface area contributed by atoms with E-state index >= 15 is 0 Å². The third-order valence-corrected chi connectivity index (χ3v) is 3.90. The third-order valence-electron chi connectivity index (χ3n) is 2.96. The third kappa shape index (κ3) is 2.18. The SMILES string of the molecule is COC(=O)C1Cc2cccc(S(=O)(=O)O)c2C1. The second kappa shape index (κ2) is 4.12. The van der Waals surface area contributed by atoms with E-state index in [9.17, 15) is 13.2 Å². The summed E-state index contributed by atoms with van der Waals surface area (Å²) >= 11 is 0. The van der Waals surface area contributed by atoms with Gasteiger partial charge in [0.2, 0.25) is 0 Å². The summed E-state index contributed by atoms with van der Waals surface area (Å²) in [6.07, 6.45) is 0.739. The quantitative estimate of drug-likeness (QED) is 0.626. The number of ether oxygens (including phenoxy) is 1. The molecule has 0 amide bonds. The Morgan fingerprint density at radius 2 is 2.12 bits per heavy atom. The minimum absolute atomic E-state index is 0.110. The maximum Gasteiger partial charge on any atom is 0.309 e. The van der Waals surface area contributed by atoms with E-state index in [1.165, 1.54) is 13.2 Å². The zero-order valence-corrected chi connectivity index (χ0v) is 10.0. The lowest BCUT2D eigenvalue weighted by Gasteiger charge is -2.05. The Morgan fingerprint density at radius 1 is 1.41 bits per heavy atom. The van der Waals surface area contributed by atoms with Crippen molar-refractivity contribution in [1.82, 2.24) is 0 Å². The van der Waals surface area contributed by atoms with E-state index in [0.29, 0.717) is 12.0 Å². The average molecular weight is 256 g/mol. The summed E-state index contributed by atoms with van der Waals surface area (Å²) < 4.78 is 36.1. The molecule has 1 aromatic carbocycles. The Bertz CT molecular complexity index is 561. The van der Waals surface area contributed by atoms with Gasteiger partial charge in [0.05, 0.1) is 17.9 Å². The minimum Gasteiger partial charge on any atom is -0.469 e.